The number of rotatable bonds is 8. The van der Waals surface area contributed by atoms with Crippen LogP contribution in [0.3, 0.4) is 0 Å². The topological polar surface area (TPSA) is 64.6 Å². The molecule has 2 aromatic carbocycles. The average molecular weight is 395 g/mol. The number of esters is 1. The van der Waals surface area contributed by atoms with Gasteiger partial charge in [0.1, 0.15) is 12.6 Å². The van der Waals surface area contributed by atoms with Crippen LogP contribution in [0.15, 0.2) is 54.6 Å². The Kier molecular flexibility index (Phi) is 7.57. The molecule has 0 aliphatic rings. The molecule has 0 fully saturated rings. The summed E-state index contributed by atoms with van der Waals surface area (Å²) in [7, 11) is 1.10. The smallest absolute Gasteiger partial charge is 0.416 e. The van der Waals surface area contributed by atoms with E-state index in [0.29, 0.717) is 0 Å². The van der Waals surface area contributed by atoms with E-state index >= 15 is 0 Å². The lowest BCUT2D eigenvalue weighted by atomic mass is 9.99. The first-order valence-corrected chi connectivity index (χ1v) is 8.45. The number of hydrogen-bond acceptors (Lipinski definition) is 4. The maximum atomic E-state index is 13.1. The maximum absolute atomic E-state index is 13.1. The Morgan fingerprint density at radius 3 is 2.32 bits per heavy atom. The highest BCUT2D eigenvalue weighted by molar-refractivity contribution is 5.85. The number of carbonyl (C=O) groups excluding carboxylic acids is 2. The largest absolute Gasteiger partial charge is 0.467 e. The maximum Gasteiger partial charge on any atom is 0.416 e. The van der Waals surface area contributed by atoms with Gasteiger partial charge in [-0.05, 0) is 17.2 Å². The summed E-state index contributed by atoms with van der Waals surface area (Å²) in [6.07, 6.45) is -4.92. The number of ether oxygens (including phenoxy) is 2. The standard InChI is InChI=1S/C20H20F3NO4/c1-27-19(26)17(11-15-9-5-6-10-16(15)20(21,22)23)24-18(25)13-28-12-14-7-3-2-4-8-14/h2-10,17H,11-13H2,1H3,(H,24,25)/t17-/m0/s1. The van der Waals surface area contributed by atoms with Crippen molar-refractivity contribution in [3.05, 3.63) is 71.3 Å². The van der Waals surface area contributed by atoms with Crippen LogP contribution in [0.5, 0.6) is 0 Å². The predicted octanol–water partition coefficient (Wildman–Crippen LogP) is 3.12. The van der Waals surface area contributed by atoms with Gasteiger partial charge < -0.3 is 14.8 Å². The van der Waals surface area contributed by atoms with Crippen molar-refractivity contribution in [2.75, 3.05) is 13.7 Å². The monoisotopic (exact) mass is 395 g/mol. The highest BCUT2D eigenvalue weighted by Gasteiger charge is 2.34. The third-order valence-electron chi connectivity index (χ3n) is 3.91. The van der Waals surface area contributed by atoms with Gasteiger partial charge >= 0.3 is 12.1 Å². The molecule has 0 spiro atoms. The minimum atomic E-state index is -4.57. The second kappa shape index (κ2) is 9.89. The van der Waals surface area contributed by atoms with Crippen LogP contribution in [0.4, 0.5) is 13.2 Å². The molecule has 150 valence electrons. The number of benzene rings is 2. The van der Waals surface area contributed by atoms with Gasteiger partial charge in [-0.25, -0.2) is 4.79 Å². The Bertz CT molecular complexity index is 794. The van der Waals surface area contributed by atoms with E-state index in [2.05, 4.69) is 10.1 Å². The van der Waals surface area contributed by atoms with E-state index in [1.807, 2.05) is 30.3 Å². The Hall–Kier alpha value is -2.87. The van der Waals surface area contributed by atoms with Crippen molar-refractivity contribution in [1.82, 2.24) is 5.32 Å². The van der Waals surface area contributed by atoms with Crippen molar-refractivity contribution in [2.24, 2.45) is 0 Å². The summed E-state index contributed by atoms with van der Waals surface area (Å²) in [6.45, 7) is -0.155. The number of carbonyl (C=O) groups is 2. The van der Waals surface area contributed by atoms with Crippen LogP contribution >= 0.6 is 0 Å². The Balaban J connectivity index is 2.00. The van der Waals surface area contributed by atoms with Crippen LogP contribution in [-0.2, 0) is 38.3 Å². The van der Waals surface area contributed by atoms with Gasteiger partial charge in [-0.2, -0.15) is 13.2 Å². The van der Waals surface area contributed by atoms with E-state index < -0.39 is 29.7 Å². The number of amides is 1. The minimum absolute atomic E-state index is 0.115. The van der Waals surface area contributed by atoms with E-state index in [1.165, 1.54) is 18.2 Å². The fourth-order valence-corrected chi connectivity index (χ4v) is 2.60. The van der Waals surface area contributed by atoms with Crippen molar-refractivity contribution in [1.29, 1.82) is 0 Å². The molecule has 0 heterocycles. The molecule has 0 unspecified atom stereocenters. The highest BCUT2D eigenvalue weighted by Crippen LogP contribution is 2.32. The lowest BCUT2D eigenvalue weighted by Gasteiger charge is -2.19. The first kappa shape index (κ1) is 21.4. The average Bonchev–Trinajstić information content (AvgIpc) is 2.67. The summed E-state index contributed by atoms with van der Waals surface area (Å²) in [5.74, 6) is -1.47. The molecule has 0 bridgehead atoms. The van der Waals surface area contributed by atoms with Gasteiger partial charge in [0.05, 0.1) is 19.3 Å². The molecule has 0 saturated heterocycles. The van der Waals surface area contributed by atoms with Crippen molar-refractivity contribution < 1.29 is 32.2 Å². The van der Waals surface area contributed by atoms with E-state index in [0.717, 1.165) is 18.7 Å². The van der Waals surface area contributed by atoms with E-state index in [-0.39, 0.29) is 25.2 Å². The lowest BCUT2D eigenvalue weighted by Crippen LogP contribution is -2.44. The summed E-state index contributed by atoms with van der Waals surface area (Å²) in [4.78, 5) is 24.0. The van der Waals surface area contributed by atoms with Gasteiger partial charge in [0.25, 0.3) is 0 Å². The molecule has 8 heteroatoms. The predicted molar refractivity (Wildman–Crippen MR) is 95.2 cm³/mol. The van der Waals surface area contributed by atoms with Gasteiger partial charge in [-0.1, -0.05) is 48.5 Å². The normalized spacial score (nSPS) is 12.3. The van der Waals surface area contributed by atoms with Gasteiger partial charge in [0.15, 0.2) is 0 Å². The third-order valence-corrected chi connectivity index (χ3v) is 3.91. The molecule has 0 radical (unpaired) electrons. The summed E-state index contributed by atoms with van der Waals surface area (Å²) in [6, 6.07) is 12.8. The van der Waals surface area contributed by atoms with Crippen molar-refractivity contribution in [2.45, 2.75) is 25.2 Å². The number of hydrogen-bond donors (Lipinski definition) is 1. The Morgan fingerprint density at radius 1 is 1.04 bits per heavy atom. The van der Waals surface area contributed by atoms with Crippen LogP contribution in [0.2, 0.25) is 0 Å². The fourth-order valence-electron chi connectivity index (χ4n) is 2.60. The lowest BCUT2D eigenvalue weighted by molar-refractivity contribution is -0.146. The molecule has 1 atom stereocenters. The molecule has 2 rings (SSSR count). The Labute approximate surface area is 160 Å². The molecular formula is C20H20F3NO4. The van der Waals surface area contributed by atoms with Crippen molar-refractivity contribution >= 4 is 11.9 Å². The molecule has 28 heavy (non-hydrogen) atoms. The molecular weight excluding hydrogens is 375 g/mol. The van der Waals surface area contributed by atoms with Crippen LogP contribution in [0.1, 0.15) is 16.7 Å². The van der Waals surface area contributed by atoms with Crippen LogP contribution in [-0.4, -0.2) is 31.6 Å². The molecule has 0 aromatic heterocycles. The quantitative estimate of drug-likeness (QED) is 0.698. The molecule has 0 saturated carbocycles. The highest BCUT2D eigenvalue weighted by atomic mass is 19.4. The van der Waals surface area contributed by atoms with E-state index in [9.17, 15) is 22.8 Å². The molecule has 2 aromatic rings. The zero-order valence-electron chi connectivity index (χ0n) is 15.2. The fraction of sp³-hybridized carbons (Fsp3) is 0.300. The number of alkyl halides is 3. The van der Waals surface area contributed by atoms with Crippen molar-refractivity contribution in [3.63, 3.8) is 0 Å². The minimum Gasteiger partial charge on any atom is -0.467 e. The molecule has 0 aliphatic heterocycles. The van der Waals surface area contributed by atoms with Crippen LogP contribution < -0.4 is 5.32 Å². The number of methoxy groups -OCH3 is 1. The van der Waals surface area contributed by atoms with Gasteiger partial charge in [0, 0.05) is 6.42 Å². The first-order chi connectivity index (χ1) is 13.3. The Morgan fingerprint density at radius 2 is 1.68 bits per heavy atom. The molecule has 1 N–H and O–H groups in total. The van der Waals surface area contributed by atoms with Gasteiger partial charge in [-0.3, -0.25) is 4.79 Å². The van der Waals surface area contributed by atoms with Crippen molar-refractivity contribution in [3.8, 4) is 0 Å². The van der Waals surface area contributed by atoms with E-state index in [1.54, 1.807) is 0 Å². The second-order valence-corrected chi connectivity index (χ2v) is 5.98. The molecule has 5 nitrogen and oxygen atoms in total. The van der Waals surface area contributed by atoms with Crippen LogP contribution in [0, 0.1) is 0 Å². The zero-order valence-corrected chi connectivity index (χ0v) is 15.2. The molecule has 1 amide bonds. The summed E-state index contributed by atoms with van der Waals surface area (Å²) < 4.78 is 49.3. The first-order valence-electron chi connectivity index (χ1n) is 8.45. The van der Waals surface area contributed by atoms with Gasteiger partial charge in [0.2, 0.25) is 5.91 Å². The summed E-state index contributed by atoms with van der Waals surface area (Å²) in [5, 5.41) is 2.38. The van der Waals surface area contributed by atoms with Gasteiger partial charge in [-0.15, -0.1) is 0 Å². The molecule has 0 aliphatic carbocycles. The zero-order chi connectivity index (χ0) is 20.6. The number of nitrogens with one attached hydrogen (secondary N) is 1. The van der Waals surface area contributed by atoms with Crippen LogP contribution in [0.25, 0.3) is 0 Å². The summed E-state index contributed by atoms with van der Waals surface area (Å²) in [5.41, 5.74) is -0.117. The number of halogens is 3. The SMILES string of the molecule is COC(=O)[C@H](Cc1ccccc1C(F)(F)F)NC(=O)COCc1ccccc1. The summed E-state index contributed by atoms with van der Waals surface area (Å²) >= 11 is 0. The second-order valence-electron chi connectivity index (χ2n) is 5.98. The third kappa shape index (κ3) is 6.38. The van der Waals surface area contributed by atoms with E-state index in [4.69, 9.17) is 4.74 Å².